The maximum atomic E-state index is 9.97. The Labute approximate surface area is 75.1 Å². The lowest BCUT2D eigenvalue weighted by Crippen LogP contribution is -1.81. The quantitative estimate of drug-likeness (QED) is 0.393. The minimum Gasteiger partial charge on any atom is -0.259 e. The molecule has 1 aromatic rings. The third-order valence-corrected chi connectivity index (χ3v) is 1.41. The van der Waals surface area contributed by atoms with Crippen LogP contribution < -0.4 is 0 Å². The molecular formula is C9H6N2O2. The lowest BCUT2D eigenvalue weighted by molar-refractivity contribution is -0.400. The molecule has 0 saturated carbocycles. The van der Waals surface area contributed by atoms with E-state index in [1.807, 2.05) is 0 Å². The predicted octanol–water partition coefficient (Wildman–Crippen LogP) is 2.48. The number of hydrogen-bond acceptors (Lipinski definition) is 2. The number of rotatable bonds is 2. The van der Waals surface area contributed by atoms with Gasteiger partial charge in [-0.1, -0.05) is 24.3 Å². The first kappa shape index (κ1) is 8.94. The molecule has 0 radical (unpaired) electrons. The van der Waals surface area contributed by atoms with Crippen LogP contribution in [-0.4, -0.2) is 4.92 Å². The highest BCUT2D eigenvalue weighted by atomic mass is 16.6. The second-order valence-corrected chi connectivity index (χ2v) is 2.30. The molecule has 0 aliphatic rings. The summed E-state index contributed by atoms with van der Waals surface area (Å²) in [5.41, 5.74) is 1.24. The van der Waals surface area contributed by atoms with Gasteiger partial charge in [-0.2, -0.15) is 0 Å². The first-order valence-electron chi connectivity index (χ1n) is 3.51. The van der Waals surface area contributed by atoms with Gasteiger partial charge in [-0.15, -0.1) is 0 Å². The van der Waals surface area contributed by atoms with Crippen molar-refractivity contribution in [3.05, 3.63) is 57.6 Å². The summed E-state index contributed by atoms with van der Waals surface area (Å²) in [7, 11) is 0. The van der Waals surface area contributed by atoms with E-state index in [9.17, 15) is 10.1 Å². The zero-order valence-corrected chi connectivity index (χ0v) is 6.68. The van der Waals surface area contributed by atoms with E-state index < -0.39 is 4.92 Å². The van der Waals surface area contributed by atoms with Crippen LogP contribution in [0.5, 0.6) is 0 Å². The molecule has 0 saturated heterocycles. The van der Waals surface area contributed by atoms with Crippen molar-refractivity contribution in [3.8, 4) is 0 Å². The molecule has 0 N–H and O–H groups in total. The van der Waals surface area contributed by atoms with Crippen molar-refractivity contribution in [1.82, 2.24) is 0 Å². The van der Waals surface area contributed by atoms with Crippen LogP contribution in [0.25, 0.3) is 10.9 Å². The molecule has 1 rings (SSSR count). The number of nitrogens with zero attached hydrogens (tertiary/aromatic N) is 2. The fraction of sp³-hybridized carbons (Fsp3) is 0. The third kappa shape index (κ3) is 2.75. The fourth-order valence-corrected chi connectivity index (χ4v) is 0.807. The number of hydrogen-bond donors (Lipinski definition) is 0. The topological polar surface area (TPSA) is 47.5 Å². The van der Waals surface area contributed by atoms with Crippen LogP contribution in [-0.2, 0) is 0 Å². The summed E-state index contributed by atoms with van der Waals surface area (Å²) in [5.74, 6) is 0. The Balaban J connectivity index is 2.82. The first-order chi connectivity index (χ1) is 6.22. The summed E-state index contributed by atoms with van der Waals surface area (Å²) >= 11 is 0. The molecule has 1 aromatic carbocycles. The standard InChI is InChI=1S/C9H6N2O2/c1-10-9-4-2-8(3-5-9)6-7-11(12)13/h2-7H. The summed E-state index contributed by atoms with van der Waals surface area (Å²) in [6.45, 7) is 6.68. The first-order valence-corrected chi connectivity index (χ1v) is 3.51. The minimum atomic E-state index is -0.525. The van der Waals surface area contributed by atoms with E-state index in [1.165, 1.54) is 6.08 Å². The van der Waals surface area contributed by atoms with Crippen molar-refractivity contribution in [3.63, 3.8) is 0 Å². The molecule has 4 heteroatoms. The van der Waals surface area contributed by atoms with Gasteiger partial charge in [-0.05, 0) is 5.56 Å². The van der Waals surface area contributed by atoms with Crippen molar-refractivity contribution in [1.29, 1.82) is 0 Å². The van der Waals surface area contributed by atoms with Crippen LogP contribution in [0, 0.1) is 16.7 Å². The molecule has 0 heterocycles. The predicted molar refractivity (Wildman–Crippen MR) is 48.7 cm³/mol. The zero-order valence-electron chi connectivity index (χ0n) is 6.68. The van der Waals surface area contributed by atoms with Gasteiger partial charge in [0.1, 0.15) is 0 Å². The van der Waals surface area contributed by atoms with Crippen molar-refractivity contribution < 1.29 is 4.92 Å². The van der Waals surface area contributed by atoms with Gasteiger partial charge in [-0.3, -0.25) is 10.1 Å². The van der Waals surface area contributed by atoms with Gasteiger partial charge in [-0.25, -0.2) is 4.85 Å². The number of nitro groups is 1. The van der Waals surface area contributed by atoms with Crippen LogP contribution in [0.15, 0.2) is 30.5 Å². The number of benzene rings is 1. The van der Waals surface area contributed by atoms with E-state index >= 15 is 0 Å². The van der Waals surface area contributed by atoms with Crippen LogP contribution in [0.1, 0.15) is 5.56 Å². The van der Waals surface area contributed by atoms with E-state index in [1.54, 1.807) is 24.3 Å². The minimum absolute atomic E-state index is 0.525. The molecule has 0 atom stereocenters. The molecule has 13 heavy (non-hydrogen) atoms. The molecule has 0 aromatic heterocycles. The summed E-state index contributed by atoms with van der Waals surface area (Å²) in [6.07, 6.45) is 2.25. The lowest BCUT2D eigenvalue weighted by Gasteiger charge is -1.90. The third-order valence-electron chi connectivity index (χ3n) is 1.41. The Morgan fingerprint density at radius 2 is 2.00 bits per heavy atom. The average molecular weight is 174 g/mol. The van der Waals surface area contributed by atoms with Crippen LogP contribution in [0.2, 0.25) is 0 Å². The van der Waals surface area contributed by atoms with E-state index in [0.717, 1.165) is 6.20 Å². The average Bonchev–Trinajstić information content (AvgIpc) is 2.15. The molecule has 4 nitrogen and oxygen atoms in total. The Morgan fingerprint density at radius 3 is 2.46 bits per heavy atom. The van der Waals surface area contributed by atoms with Gasteiger partial charge in [0.05, 0.1) is 11.5 Å². The van der Waals surface area contributed by atoms with E-state index in [0.29, 0.717) is 11.3 Å². The summed E-state index contributed by atoms with van der Waals surface area (Å²) in [5, 5.41) is 9.97. The molecule has 0 spiro atoms. The summed E-state index contributed by atoms with van der Waals surface area (Å²) in [6, 6.07) is 6.56. The van der Waals surface area contributed by atoms with E-state index in [-0.39, 0.29) is 0 Å². The Kier molecular flexibility index (Phi) is 2.77. The smallest absolute Gasteiger partial charge is 0.235 e. The molecule has 0 aliphatic heterocycles. The monoisotopic (exact) mass is 174 g/mol. The van der Waals surface area contributed by atoms with Crippen molar-refractivity contribution in [2.45, 2.75) is 0 Å². The highest BCUT2D eigenvalue weighted by Crippen LogP contribution is 2.13. The van der Waals surface area contributed by atoms with Crippen molar-refractivity contribution in [2.24, 2.45) is 0 Å². The van der Waals surface area contributed by atoms with Gasteiger partial charge < -0.3 is 0 Å². The Morgan fingerprint density at radius 1 is 1.38 bits per heavy atom. The van der Waals surface area contributed by atoms with Crippen LogP contribution >= 0.6 is 0 Å². The van der Waals surface area contributed by atoms with Crippen LogP contribution in [0.3, 0.4) is 0 Å². The fourth-order valence-electron chi connectivity index (χ4n) is 0.807. The molecule has 0 amide bonds. The molecule has 0 aliphatic carbocycles. The summed E-state index contributed by atoms with van der Waals surface area (Å²) in [4.78, 5) is 12.6. The van der Waals surface area contributed by atoms with E-state index in [4.69, 9.17) is 6.57 Å². The van der Waals surface area contributed by atoms with Crippen molar-refractivity contribution >= 4 is 11.8 Å². The summed E-state index contributed by atoms with van der Waals surface area (Å²) < 4.78 is 0. The lowest BCUT2D eigenvalue weighted by atomic mass is 10.2. The van der Waals surface area contributed by atoms with E-state index in [2.05, 4.69) is 4.85 Å². The maximum absolute atomic E-state index is 9.97. The Bertz CT molecular complexity index is 374. The van der Waals surface area contributed by atoms with Crippen LogP contribution in [0.4, 0.5) is 5.69 Å². The van der Waals surface area contributed by atoms with Gasteiger partial charge in [0.2, 0.25) is 6.20 Å². The van der Waals surface area contributed by atoms with Gasteiger partial charge in [0, 0.05) is 6.08 Å². The molecule has 64 valence electrons. The second-order valence-electron chi connectivity index (χ2n) is 2.30. The van der Waals surface area contributed by atoms with Crippen molar-refractivity contribution in [2.75, 3.05) is 0 Å². The van der Waals surface area contributed by atoms with Gasteiger partial charge in [0.15, 0.2) is 5.69 Å². The normalized spacial score (nSPS) is 9.77. The molecule has 0 unspecified atom stereocenters. The maximum Gasteiger partial charge on any atom is 0.235 e. The highest BCUT2D eigenvalue weighted by molar-refractivity contribution is 5.54. The Hall–Kier alpha value is -2.15. The SMILES string of the molecule is [C-]#[N+]c1ccc(C=C[N+](=O)[O-])cc1. The van der Waals surface area contributed by atoms with Gasteiger partial charge in [0.25, 0.3) is 0 Å². The molecular weight excluding hydrogens is 168 g/mol. The highest BCUT2D eigenvalue weighted by Gasteiger charge is 1.91. The van der Waals surface area contributed by atoms with Gasteiger partial charge >= 0.3 is 0 Å². The molecule has 0 fully saturated rings. The molecule has 0 bridgehead atoms. The zero-order chi connectivity index (χ0) is 9.68. The largest absolute Gasteiger partial charge is 0.259 e. The second kappa shape index (κ2) is 4.02.